The molecule has 1 aromatic rings. The number of anilines is 1. The zero-order chi connectivity index (χ0) is 12.1. The second-order valence-corrected chi connectivity index (χ2v) is 5.93. The van der Waals surface area contributed by atoms with E-state index >= 15 is 0 Å². The standard InChI is InChI=1S/C13H22N2OS/c1-2-11-8-17-12(15-11)14-9-13(10-16)6-4-3-5-7-13/h8,16H,2-7,9-10H2,1H3,(H,14,15). The van der Waals surface area contributed by atoms with Gasteiger partial charge < -0.3 is 10.4 Å². The third-order valence-electron chi connectivity index (χ3n) is 3.78. The Labute approximate surface area is 107 Å². The Morgan fingerprint density at radius 1 is 1.41 bits per heavy atom. The maximum Gasteiger partial charge on any atom is 0.182 e. The topological polar surface area (TPSA) is 45.1 Å². The number of hydrogen-bond acceptors (Lipinski definition) is 4. The van der Waals surface area contributed by atoms with Crippen LogP contribution in [0.3, 0.4) is 0 Å². The molecule has 17 heavy (non-hydrogen) atoms. The van der Waals surface area contributed by atoms with Gasteiger partial charge in [-0.1, -0.05) is 26.2 Å². The molecule has 1 aromatic heterocycles. The Bertz CT molecular complexity index is 345. The first-order chi connectivity index (χ1) is 8.28. The number of nitrogens with one attached hydrogen (secondary N) is 1. The van der Waals surface area contributed by atoms with Crippen molar-refractivity contribution in [1.82, 2.24) is 4.98 Å². The van der Waals surface area contributed by atoms with Crippen molar-refractivity contribution in [2.45, 2.75) is 45.4 Å². The average Bonchev–Trinajstić information content (AvgIpc) is 2.85. The zero-order valence-corrected chi connectivity index (χ0v) is 11.4. The predicted molar refractivity (Wildman–Crippen MR) is 72.6 cm³/mol. The van der Waals surface area contributed by atoms with E-state index in [0.29, 0.717) is 6.61 Å². The molecule has 1 fully saturated rings. The molecule has 0 bridgehead atoms. The highest BCUT2D eigenvalue weighted by atomic mass is 32.1. The van der Waals surface area contributed by atoms with Crippen LogP contribution in [0.15, 0.2) is 5.38 Å². The summed E-state index contributed by atoms with van der Waals surface area (Å²) in [6, 6.07) is 0. The molecule has 0 amide bonds. The van der Waals surface area contributed by atoms with Gasteiger partial charge in [0.15, 0.2) is 5.13 Å². The molecule has 0 atom stereocenters. The van der Waals surface area contributed by atoms with Crippen LogP contribution in [0.5, 0.6) is 0 Å². The van der Waals surface area contributed by atoms with Crippen molar-refractivity contribution in [3.8, 4) is 0 Å². The van der Waals surface area contributed by atoms with E-state index in [9.17, 15) is 5.11 Å². The highest BCUT2D eigenvalue weighted by Crippen LogP contribution is 2.36. The summed E-state index contributed by atoms with van der Waals surface area (Å²) in [6.45, 7) is 3.28. The van der Waals surface area contributed by atoms with Crippen molar-refractivity contribution >= 4 is 16.5 Å². The van der Waals surface area contributed by atoms with E-state index < -0.39 is 0 Å². The van der Waals surface area contributed by atoms with Gasteiger partial charge in [0, 0.05) is 17.3 Å². The molecule has 96 valence electrons. The summed E-state index contributed by atoms with van der Waals surface area (Å²) in [7, 11) is 0. The Balaban J connectivity index is 1.90. The zero-order valence-electron chi connectivity index (χ0n) is 10.5. The van der Waals surface area contributed by atoms with Crippen molar-refractivity contribution in [2.24, 2.45) is 5.41 Å². The molecular formula is C13H22N2OS. The minimum Gasteiger partial charge on any atom is -0.396 e. The van der Waals surface area contributed by atoms with Crippen LogP contribution in [0, 0.1) is 5.41 Å². The monoisotopic (exact) mass is 254 g/mol. The minimum atomic E-state index is 0.0935. The summed E-state index contributed by atoms with van der Waals surface area (Å²) in [5.74, 6) is 0. The highest BCUT2D eigenvalue weighted by molar-refractivity contribution is 7.13. The van der Waals surface area contributed by atoms with Crippen LogP contribution in [-0.2, 0) is 6.42 Å². The molecule has 0 radical (unpaired) electrons. The number of aryl methyl sites for hydroxylation is 1. The largest absolute Gasteiger partial charge is 0.396 e. The average molecular weight is 254 g/mol. The molecule has 1 heterocycles. The maximum absolute atomic E-state index is 9.61. The third-order valence-corrected chi connectivity index (χ3v) is 4.63. The van der Waals surface area contributed by atoms with E-state index in [1.807, 2.05) is 0 Å². The van der Waals surface area contributed by atoms with Crippen molar-refractivity contribution in [3.05, 3.63) is 11.1 Å². The van der Waals surface area contributed by atoms with Gasteiger partial charge in [0.25, 0.3) is 0 Å². The van der Waals surface area contributed by atoms with Gasteiger partial charge in [-0.05, 0) is 19.3 Å². The lowest BCUT2D eigenvalue weighted by Crippen LogP contribution is -2.35. The fraction of sp³-hybridized carbons (Fsp3) is 0.769. The molecule has 0 aromatic carbocycles. The Hall–Kier alpha value is -0.610. The van der Waals surface area contributed by atoms with Crippen molar-refractivity contribution in [1.29, 1.82) is 0 Å². The van der Waals surface area contributed by atoms with Gasteiger partial charge in [-0.2, -0.15) is 0 Å². The SMILES string of the molecule is CCc1csc(NCC2(CO)CCCCC2)n1. The van der Waals surface area contributed by atoms with Gasteiger partial charge in [-0.15, -0.1) is 11.3 Å². The number of thiazole rings is 1. The fourth-order valence-corrected chi connectivity index (χ4v) is 3.30. The predicted octanol–water partition coefficient (Wildman–Crippen LogP) is 3.06. The summed E-state index contributed by atoms with van der Waals surface area (Å²) in [5, 5.41) is 16.1. The summed E-state index contributed by atoms with van der Waals surface area (Å²) in [5.41, 5.74) is 1.25. The second-order valence-electron chi connectivity index (χ2n) is 5.07. The molecular weight excluding hydrogens is 232 g/mol. The van der Waals surface area contributed by atoms with E-state index in [-0.39, 0.29) is 5.41 Å². The van der Waals surface area contributed by atoms with Crippen molar-refractivity contribution < 1.29 is 5.11 Å². The first-order valence-electron chi connectivity index (χ1n) is 6.57. The normalized spacial score (nSPS) is 19.2. The van der Waals surface area contributed by atoms with Gasteiger partial charge in [-0.25, -0.2) is 4.98 Å². The van der Waals surface area contributed by atoms with E-state index in [4.69, 9.17) is 0 Å². The lowest BCUT2D eigenvalue weighted by atomic mass is 9.74. The number of rotatable bonds is 5. The Morgan fingerprint density at radius 3 is 2.76 bits per heavy atom. The van der Waals surface area contributed by atoms with Gasteiger partial charge in [-0.3, -0.25) is 0 Å². The quantitative estimate of drug-likeness (QED) is 0.849. The summed E-state index contributed by atoms with van der Waals surface area (Å²) >= 11 is 1.67. The van der Waals surface area contributed by atoms with Crippen LogP contribution in [0.2, 0.25) is 0 Å². The van der Waals surface area contributed by atoms with Gasteiger partial charge in [0.2, 0.25) is 0 Å². The first-order valence-corrected chi connectivity index (χ1v) is 7.45. The molecule has 1 saturated carbocycles. The van der Waals surface area contributed by atoms with Gasteiger partial charge in [0.05, 0.1) is 12.3 Å². The lowest BCUT2D eigenvalue weighted by molar-refractivity contribution is 0.0944. The number of aromatic nitrogens is 1. The van der Waals surface area contributed by atoms with E-state index in [1.54, 1.807) is 11.3 Å². The molecule has 0 aliphatic heterocycles. The van der Waals surface area contributed by atoms with Crippen molar-refractivity contribution in [3.63, 3.8) is 0 Å². The maximum atomic E-state index is 9.61. The van der Waals surface area contributed by atoms with Crippen LogP contribution in [0.25, 0.3) is 0 Å². The number of nitrogens with zero attached hydrogens (tertiary/aromatic N) is 1. The summed E-state index contributed by atoms with van der Waals surface area (Å²) < 4.78 is 0. The Morgan fingerprint density at radius 2 is 2.18 bits per heavy atom. The van der Waals surface area contributed by atoms with E-state index in [0.717, 1.165) is 36.6 Å². The van der Waals surface area contributed by atoms with Crippen LogP contribution >= 0.6 is 11.3 Å². The molecule has 0 unspecified atom stereocenters. The number of aliphatic hydroxyl groups is 1. The molecule has 2 N–H and O–H groups in total. The molecule has 3 nitrogen and oxygen atoms in total. The Kier molecular flexibility index (Phi) is 4.40. The third kappa shape index (κ3) is 3.19. The van der Waals surface area contributed by atoms with Crippen molar-refractivity contribution in [2.75, 3.05) is 18.5 Å². The number of aliphatic hydroxyl groups excluding tert-OH is 1. The smallest absolute Gasteiger partial charge is 0.182 e. The summed E-state index contributed by atoms with van der Waals surface area (Å²) in [4.78, 5) is 4.50. The number of hydrogen-bond donors (Lipinski definition) is 2. The van der Waals surface area contributed by atoms with Crippen LogP contribution in [0.4, 0.5) is 5.13 Å². The van der Waals surface area contributed by atoms with E-state index in [2.05, 4.69) is 22.6 Å². The lowest BCUT2D eigenvalue weighted by Gasteiger charge is -2.35. The minimum absolute atomic E-state index is 0.0935. The molecule has 1 aliphatic carbocycles. The molecule has 1 aliphatic rings. The molecule has 0 spiro atoms. The first kappa shape index (κ1) is 12.8. The van der Waals surface area contributed by atoms with Crippen LogP contribution < -0.4 is 5.32 Å². The molecule has 0 saturated heterocycles. The molecule has 2 rings (SSSR count). The molecule has 4 heteroatoms. The van der Waals surface area contributed by atoms with E-state index in [1.165, 1.54) is 19.3 Å². The second kappa shape index (κ2) is 5.83. The highest BCUT2D eigenvalue weighted by Gasteiger charge is 2.31. The fourth-order valence-electron chi connectivity index (χ4n) is 2.51. The summed E-state index contributed by atoms with van der Waals surface area (Å²) in [6.07, 6.45) is 7.09. The van der Waals surface area contributed by atoms with Gasteiger partial charge in [0.1, 0.15) is 0 Å². The van der Waals surface area contributed by atoms with Gasteiger partial charge >= 0.3 is 0 Å². The van der Waals surface area contributed by atoms with Crippen LogP contribution in [0.1, 0.15) is 44.7 Å². The van der Waals surface area contributed by atoms with Crippen LogP contribution in [-0.4, -0.2) is 23.2 Å².